The van der Waals surface area contributed by atoms with Crippen LogP contribution in [0.25, 0.3) is 10.4 Å². The van der Waals surface area contributed by atoms with Crippen molar-refractivity contribution in [1.82, 2.24) is 0 Å². The highest BCUT2D eigenvalue weighted by molar-refractivity contribution is 5.24. The number of hydrogen-bond acceptors (Lipinski definition) is 2. The zero-order valence-electron chi connectivity index (χ0n) is 10.5. The van der Waals surface area contributed by atoms with Crippen molar-refractivity contribution in [3.05, 3.63) is 46.3 Å². The molecule has 0 bridgehead atoms. The molecule has 0 amide bonds. The minimum atomic E-state index is -0.683. The third kappa shape index (κ3) is 2.66. The second kappa shape index (κ2) is 5.89. The van der Waals surface area contributed by atoms with E-state index in [-0.39, 0.29) is 5.92 Å². The molecular weight excluding hydrogens is 226 g/mol. The van der Waals surface area contributed by atoms with Crippen LogP contribution in [0, 0.1) is 5.92 Å². The van der Waals surface area contributed by atoms with Crippen LogP contribution >= 0.6 is 0 Å². The molecule has 1 aliphatic rings. The average Bonchev–Trinajstić information content (AvgIpc) is 2.79. The van der Waals surface area contributed by atoms with Crippen LogP contribution in [-0.4, -0.2) is 11.7 Å². The van der Waals surface area contributed by atoms with E-state index in [0.29, 0.717) is 6.54 Å². The first-order valence-electron chi connectivity index (χ1n) is 6.56. The van der Waals surface area contributed by atoms with Crippen LogP contribution in [0.5, 0.6) is 0 Å². The molecule has 0 radical (unpaired) electrons. The van der Waals surface area contributed by atoms with E-state index in [0.717, 1.165) is 37.7 Å². The molecule has 0 spiro atoms. The molecule has 4 nitrogen and oxygen atoms in total. The summed E-state index contributed by atoms with van der Waals surface area (Å²) in [5.41, 5.74) is 8.59. The van der Waals surface area contributed by atoms with E-state index in [1.807, 2.05) is 30.3 Å². The van der Waals surface area contributed by atoms with E-state index in [1.165, 1.54) is 0 Å². The Bertz CT molecular complexity index is 428. The van der Waals surface area contributed by atoms with Crippen molar-refractivity contribution in [2.75, 3.05) is 6.54 Å². The maximum Gasteiger partial charge on any atom is 0.0924 e. The quantitative estimate of drug-likeness (QED) is 0.365. The molecule has 2 rings (SSSR count). The monoisotopic (exact) mass is 245 g/mol. The standard InChI is InChI=1S/C14H19N3O/c15-17-16-11-5-9-13-8-4-10-14(13,18)12-6-2-1-3-7-12/h1-3,6-7,13,18H,4-5,8-11H2/t13-,14+/m0/s1. The van der Waals surface area contributed by atoms with Gasteiger partial charge in [-0.25, -0.2) is 0 Å². The molecule has 2 atom stereocenters. The summed E-state index contributed by atoms with van der Waals surface area (Å²) >= 11 is 0. The largest absolute Gasteiger partial charge is 0.385 e. The lowest BCUT2D eigenvalue weighted by Crippen LogP contribution is -2.30. The Morgan fingerprint density at radius 2 is 2.17 bits per heavy atom. The molecule has 1 fully saturated rings. The summed E-state index contributed by atoms with van der Waals surface area (Å²) in [6.07, 6.45) is 4.73. The number of benzene rings is 1. The Balaban J connectivity index is 2.04. The topological polar surface area (TPSA) is 69.0 Å². The van der Waals surface area contributed by atoms with E-state index in [1.54, 1.807) is 0 Å². The van der Waals surface area contributed by atoms with Gasteiger partial charge in [0.25, 0.3) is 0 Å². The van der Waals surface area contributed by atoms with Crippen molar-refractivity contribution in [2.45, 2.75) is 37.7 Å². The lowest BCUT2D eigenvalue weighted by atomic mass is 9.81. The number of azide groups is 1. The van der Waals surface area contributed by atoms with Gasteiger partial charge in [0.2, 0.25) is 0 Å². The second-order valence-electron chi connectivity index (χ2n) is 4.98. The summed E-state index contributed by atoms with van der Waals surface area (Å²) in [5.74, 6) is 0.286. The van der Waals surface area contributed by atoms with Gasteiger partial charge in [-0.3, -0.25) is 0 Å². The minimum absolute atomic E-state index is 0.286. The Morgan fingerprint density at radius 3 is 2.89 bits per heavy atom. The summed E-state index contributed by atoms with van der Waals surface area (Å²) < 4.78 is 0. The summed E-state index contributed by atoms with van der Waals surface area (Å²) in [4.78, 5) is 2.76. The highest BCUT2D eigenvalue weighted by Gasteiger charge is 2.41. The molecule has 0 aliphatic heterocycles. The zero-order valence-corrected chi connectivity index (χ0v) is 10.5. The molecular formula is C14H19N3O. The van der Waals surface area contributed by atoms with Crippen LogP contribution in [0.15, 0.2) is 35.4 Å². The molecule has 4 heteroatoms. The van der Waals surface area contributed by atoms with E-state index < -0.39 is 5.60 Å². The van der Waals surface area contributed by atoms with Gasteiger partial charge in [-0.05, 0) is 49.1 Å². The fourth-order valence-electron chi connectivity index (χ4n) is 3.00. The molecule has 96 valence electrons. The van der Waals surface area contributed by atoms with Gasteiger partial charge in [0.05, 0.1) is 5.60 Å². The Morgan fingerprint density at radius 1 is 1.39 bits per heavy atom. The van der Waals surface area contributed by atoms with E-state index in [9.17, 15) is 5.11 Å². The molecule has 0 saturated heterocycles. The van der Waals surface area contributed by atoms with Crippen molar-refractivity contribution in [3.8, 4) is 0 Å². The predicted octanol–water partition coefficient (Wildman–Crippen LogP) is 3.76. The number of nitrogens with zero attached hydrogens (tertiary/aromatic N) is 3. The fourth-order valence-corrected chi connectivity index (χ4v) is 3.00. The van der Waals surface area contributed by atoms with Crippen molar-refractivity contribution < 1.29 is 5.11 Å². The lowest BCUT2D eigenvalue weighted by Gasteiger charge is -2.30. The molecule has 1 saturated carbocycles. The van der Waals surface area contributed by atoms with Crippen LogP contribution in [-0.2, 0) is 5.60 Å². The van der Waals surface area contributed by atoms with Crippen LogP contribution in [0.3, 0.4) is 0 Å². The lowest BCUT2D eigenvalue weighted by molar-refractivity contribution is -0.00611. The fraction of sp³-hybridized carbons (Fsp3) is 0.571. The molecule has 1 aromatic rings. The van der Waals surface area contributed by atoms with Gasteiger partial charge in [0.15, 0.2) is 0 Å². The first kappa shape index (κ1) is 12.9. The van der Waals surface area contributed by atoms with Crippen LogP contribution in [0.1, 0.15) is 37.7 Å². The molecule has 1 N–H and O–H groups in total. The molecule has 1 aliphatic carbocycles. The van der Waals surface area contributed by atoms with Crippen molar-refractivity contribution in [1.29, 1.82) is 0 Å². The van der Waals surface area contributed by atoms with Gasteiger partial charge in [-0.15, -0.1) is 0 Å². The second-order valence-corrected chi connectivity index (χ2v) is 4.98. The first-order valence-corrected chi connectivity index (χ1v) is 6.56. The third-order valence-electron chi connectivity index (χ3n) is 3.93. The van der Waals surface area contributed by atoms with Crippen molar-refractivity contribution >= 4 is 0 Å². The van der Waals surface area contributed by atoms with Gasteiger partial charge in [-0.2, -0.15) is 0 Å². The van der Waals surface area contributed by atoms with Gasteiger partial charge in [-0.1, -0.05) is 35.4 Å². The first-order chi connectivity index (χ1) is 8.77. The normalized spacial score (nSPS) is 26.8. The van der Waals surface area contributed by atoms with Crippen LogP contribution < -0.4 is 0 Å². The third-order valence-corrected chi connectivity index (χ3v) is 3.93. The maximum atomic E-state index is 10.9. The Hall–Kier alpha value is -1.51. The SMILES string of the molecule is [N-]=[N+]=NCCC[C@@H]1CCC[C@@]1(O)c1ccccc1. The number of aliphatic hydroxyl groups is 1. The molecule has 0 aromatic heterocycles. The number of hydrogen-bond donors (Lipinski definition) is 1. The van der Waals surface area contributed by atoms with Gasteiger partial charge in [0, 0.05) is 11.5 Å². The van der Waals surface area contributed by atoms with E-state index in [2.05, 4.69) is 10.0 Å². The van der Waals surface area contributed by atoms with Gasteiger partial charge < -0.3 is 5.11 Å². The molecule has 0 unspecified atom stereocenters. The summed E-state index contributed by atoms with van der Waals surface area (Å²) in [5, 5.41) is 14.4. The summed E-state index contributed by atoms with van der Waals surface area (Å²) in [6, 6.07) is 9.93. The van der Waals surface area contributed by atoms with E-state index >= 15 is 0 Å². The summed E-state index contributed by atoms with van der Waals surface area (Å²) in [6.45, 7) is 0.526. The highest BCUT2D eigenvalue weighted by Crippen LogP contribution is 2.45. The molecule has 1 aromatic carbocycles. The average molecular weight is 245 g/mol. The minimum Gasteiger partial charge on any atom is -0.385 e. The van der Waals surface area contributed by atoms with Crippen molar-refractivity contribution in [3.63, 3.8) is 0 Å². The molecule has 0 heterocycles. The smallest absolute Gasteiger partial charge is 0.0924 e. The molecule has 18 heavy (non-hydrogen) atoms. The maximum absolute atomic E-state index is 10.9. The highest BCUT2D eigenvalue weighted by atomic mass is 16.3. The van der Waals surface area contributed by atoms with E-state index in [4.69, 9.17) is 5.53 Å². The zero-order chi connectivity index (χ0) is 12.8. The summed E-state index contributed by atoms with van der Waals surface area (Å²) in [7, 11) is 0. The van der Waals surface area contributed by atoms with Crippen LogP contribution in [0.4, 0.5) is 0 Å². The Labute approximate surface area is 107 Å². The predicted molar refractivity (Wildman–Crippen MR) is 70.9 cm³/mol. The van der Waals surface area contributed by atoms with Crippen LogP contribution in [0.2, 0.25) is 0 Å². The number of rotatable bonds is 5. The van der Waals surface area contributed by atoms with Crippen molar-refractivity contribution in [2.24, 2.45) is 11.0 Å². The Kier molecular flexibility index (Phi) is 4.24. The van der Waals surface area contributed by atoms with Gasteiger partial charge in [0.1, 0.15) is 0 Å². The van der Waals surface area contributed by atoms with Gasteiger partial charge >= 0.3 is 0 Å².